The van der Waals surface area contributed by atoms with Crippen molar-refractivity contribution < 1.29 is 4.74 Å². The Balaban J connectivity index is 1.36. The van der Waals surface area contributed by atoms with Crippen LogP contribution in [0.4, 0.5) is 5.82 Å². The summed E-state index contributed by atoms with van der Waals surface area (Å²) in [6.45, 7) is 3.47. The summed E-state index contributed by atoms with van der Waals surface area (Å²) in [6, 6.07) is 14.1. The van der Waals surface area contributed by atoms with Crippen LogP contribution in [0.2, 0.25) is 0 Å². The highest BCUT2D eigenvalue weighted by Gasteiger charge is 2.18. The first-order valence-electron chi connectivity index (χ1n) is 10.9. The van der Waals surface area contributed by atoms with Gasteiger partial charge in [-0.15, -0.1) is 0 Å². The Morgan fingerprint density at radius 2 is 2.00 bits per heavy atom. The molecule has 4 aromatic heterocycles. The van der Waals surface area contributed by atoms with Crippen molar-refractivity contribution in [3.05, 3.63) is 72.4 Å². The van der Waals surface area contributed by atoms with E-state index in [2.05, 4.69) is 38.1 Å². The van der Waals surface area contributed by atoms with E-state index in [1.54, 1.807) is 6.20 Å². The number of morpholine rings is 1. The molecule has 9 nitrogen and oxygen atoms in total. The molecule has 33 heavy (non-hydrogen) atoms. The molecule has 6 rings (SSSR count). The number of aromatic nitrogens is 6. The minimum atomic E-state index is 0.474. The Bertz CT molecular complexity index is 1430. The smallest absolute Gasteiger partial charge is 0.158 e. The maximum Gasteiger partial charge on any atom is 0.158 e. The number of nitrogens with zero attached hydrogens (tertiary/aromatic N) is 7. The van der Waals surface area contributed by atoms with Crippen molar-refractivity contribution in [3.8, 4) is 11.4 Å². The van der Waals surface area contributed by atoms with Crippen LogP contribution in [0.5, 0.6) is 0 Å². The Morgan fingerprint density at radius 1 is 1.09 bits per heavy atom. The van der Waals surface area contributed by atoms with E-state index >= 15 is 0 Å². The SMILES string of the molecule is C(=NCc1cc(N2CCOCC2)n2nc(-c3ccncn3)cc2n1)c1c[nH]c2ccccc12. The first kappa shape index (κ1) is 19.6. The fourth-order valence-electron chi connectivity index (χ4n) is 4.11. The zero-order chi connectivity index (χ0) is 22.0. The van der Waals surface area contributed by atoms with Crippen LogP contribution in [0.1, 0.15) is 11.3 Å². The Kier molecular flexibility index (Phi) is 5.00. The quantitative estimate of drug-likeness (QED) is 0.424. The van der Waals surface area contributed by atoms with Gasteiger partial charge in [0, 0.05) is 60.3 Å². The van der Waals surface area contributed by atoms with Crippen molar-refractivity contribution in [3.63, 3.8) is 0 Å². The molecular formula is C24H22N8O. The van der Waals surface area contributed by atoms with E-state index in [1.807, 2.05) is 41.2 Å². The molecule has 1 aromatic carbocycles. The number of anilines is 1. The Morgan fingerprint density at radius 3 is 2.88 bits per heavy atom. The molecule has 0 unspecified atom stereocenters. The highest BCUT2D eigenvalue weighted by Crippen LogP contribution is 2.24. The van der Waals surface area contributed by atoms with Crippen LogP contribution in [0.3, 0.4) is 0 Å². The second kappa shape index (κ2) is 8.44. The van der Waals surface area contributed by atoms with Crippen molar-refractivity contribution in [1.29, 1.82) is 0 Å². The van der Waals surface area contributed by atoms with Crippen molar-refractivity contribution in [2.24, 2.45) is 4.99 Å². The van der Waals surface area contributed by atoms with E-state index in [4.69, 9.17) is 19.8 Å². The summed E-state index contributed by atoms with van der Waals surface area (Å²) < 4.78 is 7.43. The maximum absolute atomic E-state index is 5.55. The van der Waals surface area contributed by atoms with Crippen LogP contribution < -0.4 is 4.90 Å². The molecule has 0 saturated carbocycles. The summed E-state index contributed by atoms with van der Waals surface area (Å²) >= 11 is 0. The van der Waals surface area contributed by atoms with Crippen LogP contribution in [-0.4, -0.2) is 62.1 Å². The van der Waals surface area contributed by atoms with Crippen LogP contribution in [0.15, 0.2) is 66.2 Å². The van der Waals surface area contributed by atoms with E-state index < -0.39 is 0 Å². The van der Waals surface area contributed by atoms with Crippen LogP contribution in [-0.2, 0) is 11.3 Å². The van der Waals surface area contributed by atoms with Gasteiger partial charge < -0.3 is 14.6 Å². The first-order valence-corrected chi connectivity index (χ1v) is 10.9. The van der Waals surface area contributed by atoms with Crippen LogP contribution in [0, 0.1) is 0 Å². The molecule has 1 aliphatic heterocycles. The summed E-state index contributed by atoms with van der Waals surface area (Å²) in [6.07, 6.45) is 7.13. The molecule has 0 amide bonds. The Labute approximate surface area is 189 Å². The predicted octanol–water partition coefficient (Wildman–Crippen LogP) is 3.12. The molecular weight excluding hydrogens is 416 g/mol. The molecule has 0 bridgehead atoms. The first-order chi connectivity index (χ1) is 16.3. The lowest BCUT2D eigenvalue weighted by Gasteiger charge is -2.29. The number of benzene rings is 1. The molecule has 5 aromatic rings. The zero-order valence-corrected chi connectivity index (χ0v) is 17.9. The van der Waals surface area contributed by atoms with Gasteiger partial charge in [0.15, 0.2) is 5.65 Å². The Hall–Kier alpha value is -4.11. The van der Waals surface area contributed by atoms with E-state index in [9.17, 15) is 0 Å². The van der Waals surface area contributed by atoms with E-state index in [0.29, 0.717) is 19.8 Å². The molecule has 0 atom stereocenters. The summed E-state index contributed by atoms with van der Waals surface area (Å²) in [5.41, 5.74) is 5.35. The molecule has 5 heterocycles. The average Bonchev–Trinajstić information content (AvgIpc) is 3.49. The number of hydrogen-bond acceptors (Lipinski definition) is 7. The minimum Gasteiger partial charge on any atom is -0.378 e. The van der Waals surface area contributed by atoms with Gasteiger partial charge in [0.2, 0.25) is 0 Å². The molecule has 164 valence electrons. The third-order valence-electron chi connectivity index (χ3n) is 5.75. The van der Waals surface area contributed by atoms with Gasteiger partial charge in [-0.2, -0.15) is 9.61 Å². The monoisotopic (exact) mass is 438 g/mol. The predicted molar refractivity (Wildman–Crippen MR) is 127 cm³/mol. The fraction of sp³-hybridized carbons (Fsp3) is 0.208. The zero-order valence-electron chi connectivity index (χ0n) is 17.9. The minimum absolute atomic E-state index is 0.474. The lowest BCUT2D eigenvalue weighted by molar-refractivity contribution is 0.122. The van der Waals surface area contributed by atoms with Crippen molar-refractivity contribution in [2.75, 3.05) is 31.2 Å². The van der Waals surface area contributed by atoms with E-state index in [0.717, 1.165) is 58.1 Å². The number of fused-ring (bicyclic) bond motifs is 2. The summed E-state index contributed by atoms with van der Waals surface area (Å²) in [7, 11) is 0. The molecule has 1 fully saturated rings. The third kappa shape index (κ3) is 3.83. The molecule has 0 radical (unpaired) electrons. The second-order valence-electron chi connectivity index (χ2n) is 7.86. The van der Waals surface area contributed by atoms with Crippen molar-refractivity contribution in [1.82, 2.24) is 29.5 Å². The maximum atomic E-state index is 5.55. The topological polar surface area (TPSA) is 96.6 Å². The van der Waals surface area contributed by atoms with Crippen molar-refractivity contribution in [2.45, 2.75) is 6.54 Å². The largest absolute Gasteiger partial charge is 0.378 e. The number of para-hydroxylation sites is 1. The molecule has 1 aliphatic rings. The van der Waals surface area contributed by atoms with Gasteiger partial charge in [0.1, 0.15) is 17.8 Å². The van der Waals surface area contributed by atoms with Gasteiger partial charge in [-0.05, 0) is 12.1 Å². The average molecular weight is 438 g/mol. The number of rotatable bonds is 5. The van der Waals surface area contributed by atoms with E-state index in [1.165, 1.54) is 6.33 Å². The fourth-order valence-corrected chi connectivity index (χ4v) is 4.11. The van der Waals surface area contributed by atoms with Gasteiger partial charge in [-0.3, -0.25) is 4.99 Å². The number of aromatic amines is 1. The summed E-state index contributed by atoms with van der Waals surface area (Å²) in [5, 5.41) is 5.95. The van der Waals surface area contributed by atoms with E-state index in [-0.39, 0.29) is 0 Å². The summed E-state index contributed by atoms with van der Waals surface area (Å²) in [4.78, 5) is 23.4. The standard InChI is InChI=1S/C24H22N8O/c1-2-4-20-19(3-1)17(14-27-20)13-26-15-18-11-24(31-7-9-33-10-8-31)32-23(29-18)12-22(30-32)21-5-6-25-16-28-21/h1-6,11-14,16,27H,7-10,15H2. The lowest BCUT2D eigenvalue weighted by atomic mass is 10.2. The molecule has 9 heteroatoms. The highest BCUT2D eigenvalue weighted by atomic mass is 16.5. The second-order valence-corrected chi connectivity index (χ2v) is 7.86. The number of hydrogen-bond donors (Lipinski definition) is 1. The summed E-state index contributed by atoms with van der Waals surface area (Å²) in [5.74, 6) is 0.987. The van der Waals surface area contributed by atoms with Crippen LogP contribution in [0.25, 0.3) is 27.9 Å². The highest BCUT2D eigenvalue weighted by molar-refractivity contribution is 5.98. The number of H-pyrrole nitrogens is 1. The normalized spacial score (nSPS) is 14.6. The van der Waals surface area contributed by atoms with Gasteiger partial charge in [-0.1, -0.05) is 18.2 Å². The molecule has 1 N–H and O–H groups in total. The number of aliphatic imine (C=N–C) groups is 1. The van der Waals surface area contributed by atoms with Gasteiger partial charge in [-0.25, -0.2) is 15.0 Å². The van der Waals surface area contributed by atoms with Gasteiger partial charge in [0.25, 0.3) is 0 Å². The third-order valence-corrected chi connectivity index (χ3v) is 5.75. The van der Waals surface area contributed by atoms with Gasteiger partial charge in [0.05, 0.1) is 31.1 Å². The number of ether oxygens (including phenoxy) is 1. The molecule has 0 spiro atoms. The number of nitrogens with one attached hydrogen (secondary N) is 1. The molecule has 1 saturated heterocycles. The lowest BCUT2D eigenvalue weighted by Crippen LogP contribution is -2.37. The molecule has 0 aliphatic carbocycles. The van der Waals surface area contributed by atoms with Gasteiger partial charge >= 0.3 is 0 Å². The van der Waals surface area contributed by atoms with Crippen molar-refractivity contribution >= 4 is 28.6 Å². The van der Waals surface area contributed by atoms with Crippen LogP contribution >= 0.6 is 0 Å².